The molecule has 0 heterocycles. The van der Waals surface area contributed by atoms with E-state index in [9.17, 15) is 4.39 Å². The number of nitrogens with two attached hydrogens (primary N) is 1. The molecule has 14 heavy (non-hydrogen) atoms. The molecule has 0 saturated heterocycles. The molecule has 0 unspecified atom stereocenters. The molecule has 0 bridgehead atoms. The average Bonchev–Trinajstić information content (AvgIpc) is 2.19. The van der Waals surface area contributed by atoms with Gasteiger partial charge in [-0.15, -0.1) is 0 Å². The zero-order chi connectivity index (χ0) is 10.6. The first-order valence-electron chi connectivity index (χ1n) is 4.33. The summed E-state index contributed by atoms with van der Waals surface area (Å²) in [5.74, 6) is 0.396. The van der Waals surface area contributed by atoms with Gasteiger partial charge in [0.15, 0.2) is 11.6 Å². The van der Waals surface area contributed by atoms with Crippen molar-refractivity contribution in [3.05, 3.63) is 23.5 Å². The number of hydrogen-bond donors (Lipinski definition) is 1. The number of ether oxygens (including phenoxy) is 2. The maximum absolute atomic E-state index is 13.3. The van der Waals surface area contributed by atoms with Gasteiger partial charge in [-0.2, -0.15) is 0 Å². The van der Waals surface area contributed by atoms with Gasteiger partial charge in [0, 0.05) is 6.07 Å². The van der Waals surface area contributed by atoms with Crippen molar-refractivity contribution >= 4 is 0 Å². The standard InChI is InChI=1S/C10H14FNO2/c1-13-9-6-10(14-2)8(11)5-7(9)3-4-12/h5-6H,3-4,12H2,1-2H3. The summed E-state index contributed by atoms with van der Waals surface area (Å²) in [7, 11) is 2.95. The highest BCUT2D eigenvalue weighted by atomic mass is 19.1. The molecule has 3 nitrogen and oxygen atoms in total. The van der Waals surface area contributed by atoms with Crippen LogP contribution in [0, 0.1) is 5.82 Å². The molecule has 0 fully saturated rings. The topological polar surface area (TPSA) is 44.5 Å². The van der Waals surface area contributed by atoms with Gasteiger partial charge in [0.05, 0.1) is 14.2 Å². The Morgan fingerprint density at radius 3 is 2.36 bits per heavy atom. The zero-order valence-corrected chi connectivity index (χ0v) is 8.34. The molecular weight excluding hydrogens is 185 g/mol. The molecule has 0 aromatic heterocycles. The summed E-state index contributed by atoms with van der Waals surface area (Å²) in [6.07, 6.45) is 0.587. The predicted molar refractivity (Wildman–Crippen MR) is 52.3 cm³/mol. The van der Waals surface area contributed by atoms with Crippen molar-refractivity contribution < 1.29 is 13.9 Å². The van der Waals surface area contributed by atoms with Crippen molar-refractivity contribution in [2.75, 3.05) is 20.8 Å². The normalized spacial score (nSPS) is 10.0. The van der Waals surface area contributed by atoms with E-state index in [-0.39, 0.29) is 5.75 Å². The maximum Gasteiger partial charge on any atom is 0.165 e. The highest BCUT2D eigenvalue weighted by molar-refractivity contribution is 5.42. The van der Waals surface area contributed by atoms with Gasteiger partial charge in [-0.3, -0.25) is 0 Å². The van der Waals surface area contributed by atoms with Crippen molar-refractivity contribution in [3.63, 3.8) is 0 Å². The summed E-state index contributed by atoms with van der Waals surface area (Å²) in [6.45, 7) is 0.460. The van der Waals surface area contributed by atoms with E-state index in [1.165, 1.54) is 26.4 Å². The molecule has 0 aliphatic carbocycles. The fraction of sp³-hybridized carbons (Fsp3) is 0.400. The Hall–Kier alpha value is -1.29. The van der Waals surface area contributed by atoms with Crippen LogP contribution in [0.1, 0.15) is 5.56 Å². The fourth-order valence-electron chi connectivity index (χ4n) is 1.27. The van der Waals surface area contributed by atoms with Gasteiger partial charge in [0.2, 0.25) is 0 Å². The van der Waals surface area contributed by atoms with Crippen molar-refractivity contribution in [2.45, 2.75) is 6.42 Å². The van der Waals surface area contributed by atoms with Crippen LogP contribution in [0.15, 0.2) is 12.1 Å². The Morgan fingerprint density at radius 1 is 1.21 bits per heavy atom. The molecule has 1 aromatic carbocycles. The molecule has 4 heteroatoms. The van der Waals surface area contributed by atoms with E-state index in [2.05, 4.69) is 0 Å². The van der Waals surface area contributed by atoms with Crippen molar-refractivity contribution in [3.8, 4) is 11.5 Å². The Morgan fingerprint density at radius 2 is 1.86 bits per heavy atom. The summed E-state index contributed by atoms with van der Waals surface area (Å²) in [5, 5.41) is 0. The van der Waals surface area contributed by atoms with Crippen LogP contribution in [-0.2, 0) is 6.42 Å². The summed E-state index contributed by atoms with van der Waals surface area (Å²) in [6, 6.07) is 2.92. The van der Waals surface area contributed by atoms with Gasteiger partial charge in [-0.1, -0.05) is 0 Å². The quantitative estimate of drug-likeness (QED) is 0.796. The summed E-state index contributed by atoms with van der Waals surface area (Å²) in [5.41, 5.74) is 6.15. The molecule has 0 saturated carbocycles. The first kappa shape index (κ1) is 10.8. The van der Waals surface area contributed by atoms with Gasteiger partial charge < -0.3 is 15.2 Å². The van der Waals surface area contributed by atoms with Crippen LogP contribution in [0.2, 0.25) is 0 Å². The van der Waals surface area contributed by atoms with Crippen LogP contribution in [0.5, 0.6) is 11.5 Å². The first-order valence-corrected chi connectivity index (χ1v) is 4.33. The Bertz CT molecular complexity index is 315. The van der Waals surface area contributed by atoms with Crippen molar-refractivity contribution in [2.24, 2.45) is 5.73 Å². The number of halogens is 1. The molecule has 1 aromatic rings. The minimum absolute atomic E-state index is 0.183. The van der Waals surface area contributed by atoms with Crippen LogP contribution in [0.4, 0.5) is 4.39 Å². The fourth-order valence-corrected chi connectivity index (χ4v) is 1.27. The summed E-state index contributed by atoms with van der Waals surface area (Å²) >= 11 is 0. The van der Waals surface area contributed by atoms with Gasteiger partial charge in [0.25, 0.3) is 0 Å². The minimum atomic E-state index is -0.392. The van der Waals surface area contributed by atoms with Gasteiger partial charge in [0.1, 0.15) is 5.75 Å². The number of benzene rings is 1. The van der Waals surface area contributed by atoms with Crippen LogP contribution in [0.3, 0.4) is 0 Å². The zero-order valence-electron chi connectivity index (χ0n) is 8.34. The van der Waals surface area contributed by atoms with Crippen molar-refractivity contribution in [1.29, 1.82) is 0 Å². The molecule has 2 N–H and O–H groups in total. The van der Waals surface area contributed by atoms with Crippen LogP contribution in [-0.4, -0.2) is 20.8 Å². The molecule has 1 rings (SSSR count). The highest BCUT2D eigenvalue weighted by Gasteiger charge is 2.09. The number of methoxy groups -OCH3 is 2. The monoisotopic (exact) mass is 199 g/mol. The molecular formula is C10H14FNO2. The van der Waals surface area contributed by atoms with Gasteiger partial charge >= 0.3 is 0 Å². The van der Waals surface area contributed by atoms with Crippen LogP contribution < -0.4 is 15.2 Å². The molecule has 0 radical (unpaired) electrons. The average molecular weight is 199 g/mol. The molecule has 0 aliphatic heterocycles. The third-order valence-corrected chi connectivity index (χ3v) is 1.97. The lowest BCUT2D eigenvalue weighted by Crippen LogP contribution is -2.05. The first-order chi connectivity index (χ1) is 6.72. The lowest BCUT2D eigenvalue weighted by Gasteiger charge is -2.10. The molecule has 0 spiro atoms. The summed E-state index contributed by atoms with van der Waals surface area (Å²) < 4.78 is 23.2. The van der Waals surface area contributed by atoms with E-state index in [1.54, 1.807) is 0 Å². The Kier molecular flexibility index (Phi) is 3.71. The number of rotatable bonds is 4. The van der Waals surface area contributed by atoms with E-state index in [4.69, 9.17) is 15.2 Å². The largest absolute Gasteiger partial charge is 0.496 e. The third kappa shape index (κ3) is 2.14. The van der Waals surface area contributed by atoms with Crippen molar-refractivity contribution in [1.82, 2.24) is 0 Å². The Balaban J connectivity index is 3.10. The second kappa shape index (κ2) is 4.81. The Labute approximate surface area is 82.6 Å². The lowest BCUT2D eigenvalue weighted by atomic mass is 10.1. The van der Waals surface area contributed by atoms with E-state index in [1.807, 2.05) is 0 Å². The highest BCUT2D eigenvalue weighted by Crippen LogP contribution is 2.27. The van der Waals surface area contributed by atoms with E-state index in [0.717, 1.165) is 5.56 Å². The van der Waals surface area contributed by atoms with Gasteiger partial charge in [-0.25, -0.2) is 4.39 Å². The van der Waals surface area contributed by atoms with E-state index < -0.39 is 5.82 Å². The second-order valence-corrected chi connectivity index (χ2v) is 2.84. The minimum Gasteiger partial charge on any atom is -0.496 e. The van der Waals surface area contributed by atoms with Crippen LogP contribution in [0.25, 0.3) is 0 Å². The molecule has 0 aliphatic rings. The maximum atomic E-state index is 13.3. The summed E-state index contributed by atoms with van der Waals surface area (Å²) in [4.78, 5) is 0. The molecule has 0 atom stereocenters. The smallest absolute Gasteiger partial charge is 0.165 e. The molecule has 78 valence electrons. The van der Waals surface area contributed by atoms with E-state index >= 15 is 0 Å². The third-order valence-electron chi connectivity index (χ3n) is 1.97. The van der Waals surface area contributed by atoms with Crippen LogP contribution >= 0.6 is 0 Å². The predicted octanol–water partition coefficient (Wildman–Crippen LogP) is 1.34. The lowest BCUT2D eigenvalue weighted by molar-refractivity contribution is 0.371. The molecule has 0 amide bonds. The second-order valence-electron chi connectivity index (χ2n) is 2.84. The SMILES string of the molecule is COc1cc(OC)c(CCN)cc1F. The number of hydrogen-bond acceptors (Lipinski definition) is 3. The van der Waals surface area contributed by atoms with E-state index in [0.29, 0.717) is 18.7 Å². The van der Waals surface area contributed by atoms with Gasteiger partial charge in [-0.05, 0) is 24.6 Å².